The molecule has 0 bridgehead atoms. The van der Waals surface area contributed by atoms with Crippen molar-refractivity contribution in [3.8, 4) is 0 Å². The summed E-state index contributed by atoms with van der Waals surface area (Å²) in [4.78, 5) is 22.5. The molecule has 2 aliphatic heterocycles. The normalized spacial score (nSPS) is 21.1. The molecular formula is C18H29N5O3. The van der Waals surface area contributed by atoms with E-state index in [4.69, 9.17) is 15.6 Å². The van der Waals surface area contributed by atoms with Crippen LogP contribution < -0.4 is 16.0 Å². The maximum atomic E-state index is 11.0. The Bertz CT molecular complexity index is 598. The fraction of sp³-hybridized carbons (Fsp3) is 0.722. The van der Waals surface area contributed by atoms with Gasteiger partial charge in [-0.25, -0.2) is 4.98 Å². The highest BCUT2D eigenvalue weighted by atomic mass is 16.5. The van der Waals surface area contributed by atoms with E-state index in [1.807, 2.05) is 0 Å². The van der Waals surface area contributed by atoms with Crippen molar-refractivity contribution in [1.82, 2.24) is 9.97 Å². The second-order valence-electron chi connectivity index (χ2n) is 7.12. The first kappa shape index (κ1) is 18.8. The van der Waals surface area contributed by atoms with Crippen LogP contribution in [-0.2, 0) is 9.53 Å². The molecule has 1 aromatic heterocycles. The number of carbonyl (C=O) groups excluding carboxylic acids is 1. The molecule has 0 aliphatic carbocycles. The molecule has 0 unspecified atom stereocenters. The van der Waals surface area contributed by atoms with E-state index in [1.165, 1.54) is 0 Å². The lowest BCUT2D eigenvalue weighted by atomic mass is 9.92. The van der Waals surface area contributed by atoms with Gasteiger partial charge in [0.05, 0.1) is 18.9 Å². The molecule has 8 heteroatoms. The van der Waals surface area contributed by atoms with E-state index in [1.54, 1.807) is 0 Å². The quantitative estimate of drug-likeness (QED) is 0.628. The zero-order valence-electron chi connectivity index (χ0n) is 15.2. The lowest BCUT2D eigenvalue weighted by Gasteiger charge is -2.33. The molecule has 0 spiro atoms. The zero-order chi connectivity index (χ0) is 18.4. The molecule has 4 N–H and O–H groups in total. The number of hydrogen-bond acceptors (Lipinski definition) is 7. The smallest absolute Gasteiger partial charge is 0.224 e. The summed E-state index contributed by atoms with van der Waals surface area (Å²) in [6.07, 6.45) is 4.41. The molecule has 8 nitrogen and oxygen atoms in total. The van der Waals surface area contributed by atoms with Crippen molar-refractivity contribution in [3.05, 3.63) is 11.8 Å². The number of nitrogens with zero attached hydrogens (tertiary/aromatic N) is 3. The number of carbonyl (C=O) groups is 1. The van der Waals surface area contributed by atoms with E-state index < -0.39 is 0 Å². The van der Waals surface area contributed by atoms with Crippen LogP contribution in [0.3, 0.4) is 0 Å². The molecule has 2 saturated heterocycles. The molecule has 1 atom stereocenters. The van der Waals surface area contributed by atoms with Crippen LogP contribution in [0.2, 0.25) is 0 Å². The Kier molecular flexibility index (Phi) is 6.62. The molecule has 0 saturated carbocycles. The number of piperidine rings is 1. The number of nitrogens with one attached hydrogen (secondary N) is 1. The summed E-state index contributed by atoms with van der Waals surface area (Å²) in [6, 6.07) is 2.08. The summed E-state index contributed by atoms with van der Waals surface area (Å²) in [5, 5.41) is 12.2. The van der Waals surface area contributed by atoms with Crippen LogP contribution in [0.15, 0.2) is 6.07 Å². The maximum Gasteiger partial charge on any atom is 0.224 e. The number of primary amides is 1. The molecule has 1 aromatic rings. The first-order valence-electron chi connectivity index (χ1n) is 9.50. The number of aliphatic hydroxyl groups is 1. The molecule has 26 heavy (non-hydrogen) atoms. The number of nitrogens with two attached hydrogens (primary N) is 1. The van der Waals surface area contributed by atoms with E-state index >= 15 is 0 Å². The van der Waals surface area contributed by atoms with Gasteiger partial charge in [0.1, 0.15) is 5.82 Å². The first-order chi connectivity index (χ1) is 12.7. The fourth-order valence-electron chi connectivity index (χ4n) is 3.64. The van der Waals surface area contributed by atoms with Crippen LogP contribution in [-0.4, -0.2) is 60.4 Å². The number of ether oxygens (including phenoxy) is 1. The second kappa shape index (κ2) is 9.14. The molecule has 0 aromatic carbocycles. The lowest BCUT2D eigenvalue weighted by Crippen LogP contribution is -2.35. The average Bonchev–Trinajstić information content (AvgIpc) is 3.20. The number of rotatable bonds is 8. The second-order valence-corrected chi connectivity index (χ2v) is 7.12. The first-order valence-corrected chi connectivity index (χ1v) is 9.50. The van der Waals surface area contributed by atoms with Crippen LogP contribution in [0, 0.1) is 5.92 Å². The fourth-order valence-corrected chi connectivity index (χ4v) is 3.64. The number of hydrogen-bond donors (Lipinski definition) is 3. The van der Waals surface area contributed by atoms with E-state index in [0.717, 1.165) is 56.9 Å². The van der Waals surface area contributed by atoms with Crippen LogP contribution in [0.1, 0.15) is 43.7 Å². The Morgan fingerprint density at radius 2 is 2.15 bits per heavy atom. The monoisotopic (exact) mass is 363 g/mol. The number of anilines is 2. The summed E-state index contributed by atoms with van der Waals surface area (Å²) in [6.45, 7) is 3.78. The third-order valence-electron chi connectivity index (χ3n) is 5.21. The summed E-state index contributed by atoms with van der Waals surface area (Å²) >= 11 is 0. The molecule has 3 heterocycles. The van der Waals surface area contributed by atoms with Crippen molar-refractivity contribution in [2.45, 2.75) is 38.0 Å². The van der Waals surface area contributed by atoms with Gasteiger partial charge in [-0.3, -0.25) is 4.79 Å². The summed E-state index contributed by atoms with van der Waals surface area (Å²) in [5.74, 6) is 2.13. The topological polar surface area (TPSA) is 114 Å². The Morgan fingerprint density at radius 1 is 1.35 bits per heavy atom. The van der Waals surface area contributed by atoms with Gasteiger partial charge in [-0.2, -0.15) is 4.98 Å². The Labute approximate surface area is 154 Å². The molecule has 144 valence electrons. The van der Waals surface area contributed by atoms with Gasteiger partial charge in [0.15, 0.2) is 0 Å². The minimum absolute atomic E-state index is 0.0424. The van der Waals surface area contributed by atoms with E-state index in [2.05, 4.69) is 26.3 Å². The third kappa shape index (κ3) is 5.04. The molecule has 2 fully saturated rings. The number of aromatic nitrogens is 2. The van der Waals surface area contributed by atoms with Crippen molar-refractivity contribution in [2.24, 2.45) is 11.7 Å². The number of aliphatic hydroxyl groups excluding tert-OH is 1. The van der Waals surface area contributed by atoms with Gasteiger partial charge in [0.25, 0.3) is 0 Å². The summed E-state index contributed by atoms with van der Waals surface area (Å²) in [5.41, 5.74) is 6.26. The van der Waals surface area contributed by atoms with Crippen molar-refractivity contribution < 1.29 is 14.6 Å². The highest BCUT2D eigenvalue weighted by molar-refractivity contribution is 5.73. The Hall–Kier alpha value is -1.93. The van der Waals surface area contributed by atoms with Crippen molar-refractivity contribution >= 4 is 17.7 Å². The molecule has 2 aliphatic rings. The molecule has 0 radical (unpaired) electrons. The minimum Gasteiger partial charge on any atom is -0.395 e. The van der Waals surface area contributed by atoms with Gasteiger partial charge in [0.2, 0.25) is 11.9 Å². The predicted octanol–water partition coefficient (Wildman–Crippen LogP) is 0.867. The van der Waals surface area contributed by atoms with Crippen molar-refractivity contribution in [1.29, 1.82) is 0 Å². The van der Waals surface area contributed by atoms with Crippen LogP contribution in [0.5, 0.6) is 0 Å². The van der Waals surface area contributed by atoms with E-state index in [0.29, 0.717) is 37.4 Å². The predicted molar refractivity (Wildman–Crippen MR) is 99.1 cm³/mol. The summed E-state index contributed by atoms with van der Waals surface area (Å²) in [7, 11) is 0. The lowest BCUT2D eigenvalue weighted by molar-refractivity contribution is -0.118. The van der Waals surface area contributed by atoms with Gasteiger partial charge >= 0.3 is 0 Å². The maximum absolute atomic E-state index is 11.0. The SMILES string of the molecule is NC(=O)CCC1CCN(c2cc([C@H]3CCOC3)nc(NCCO)n2)CC1. The van der Waals surface area contributed by atoms with Crippen molar-refractivity contribution in [2.75, 3.05) is 49.7 Å². The number of amides is 1. The van der Waals surface area contributed by atoms with Gasteiger partial charge in [-0.05, 0) is 31.6 Å². The molecule has 3 rings (SSSR count). The van der Waals surface area contributed by atoms with Crippen LogP contribution in [0.25, 0.3) is 0 Å². The summed E-state index contributed by atoms with van der Waals surface area (Å²) < 4.78 is 5.51. The Balaban J connectivity index is 1.68. The van der Waals surface area contributed by atoms with Gasteiger partial charge < -0.3 is 25.8 Å². The zero-order valence-corrected chi connectivity index (χ0v) is 15.2. The van der Waals surface area contributed by atoms with Crippen LogP contribution >= 0.6 is 0 Å². The van der Waals surface area contributed by atoms with Crippen LogP contribution in [0.4, 0.5) is 11.8 Å². The highest BCUT2D eigenvalue weighted by Gasteiger charge is 2.24. The highest BCUT2D eigenvalue weighted by Crippen LogP contribution is 2.30. The van der Waals surface area contributed by atoms with Gasteiger partial charge in [0, 0.05) is 44.6 Å². The molecule has 1 amide bonds. The standard InChI is InChI=1S/C18H29N5O3/c19-16(25)2-1-13-3-7-23(8-4-13)17-11-15(14-5-10-26-12-14)21-18(22-17)20-6-9-24/h11,13-14,24H,1-10,12H2,(H2,19,25)(H,20,21,22)/t14-/m0/s1. The third-order valence-corrected chi connectivity index (χ3v) is 5.21. The van der Waals surface area contributed by atoms with Crippen molar-refractivity contribution in [3.63, 3.8) is 0 Å². The van der Waals surface area contributed by atoms with E-state index in [-0.39, 0.29) is 12.5 Å². The minimum atomic E-state index is -0.216. The van der Waals surface area contributed by atoms with Gasteiger partial charge in [-0.1, -0.05) is 0 Å². The molecular weight excluding hydrogens is 334 g/mol. The largest absolute Gasteiger partial charge is 0.395 e. The average molecular weight is 363 g/mol. The van der Waals surface area contributed by atoms with Gasteiger partial charge in [-0.15, -0.1) is 0 Å². The Morgan fingerprint density at radius 3 is 2.81 bits per heavy atom. The van der Waals surface area contributed by atoms with E-state index in [9.17, 15) is 4.79 Å².